The molecule has 1 aromatic carbocycles. The second kappa shape index (κ2) is 8.44. The van der Waals surface area contributed by atoms with E-state index in [2.05, 4.69) is 10.6 Å². The normalized spacial score (nSPS) is 20.7. The third-order valence-electron chi connectivity index (χ3n) is 4.55. The predicted octanol–water partition coefficient (Wildman–Crippen LogP) is 2.78. The van der Waals surface area contributed by atoms with E-state index in [4.69, 9.17) is 17.0 Å². The van der Waals surface area contributed by atoms with Crippen LogP contribution in [-0.4, -0.2) is 48.3 Å². The molecule has 0 bridgehead atoms. The van der Waals surface area contributed by atoms with Gasteiger partial charge in [0.2, 0.25) is 0 Å². The summed E-state index contributed by atoms with van der Waals surface area (Å²) in [5.74, 6) is 0.125. The van der Waals surface area contributed by atoms with Gasteiger partial charge in [0.05, 0.1) is 6.10 Å². The Kier molecular flexibility index (Phi) is 6.04. The van der Waals surface area contributed by atoms with Gasteiger partial charge in [-0.1, -0.05) is 0 Å². The highest BCUT2D eigenvalue weighted by Gasteiger charge is 2.18. The number of ether oxygens (including phenoxy) is 1. The number of carbonyl (C=O) groups excluding carboxylic acids is 1. The lowest BCUT2D eigenvalue weighted by Crippen LogP contribution is -2.35. The fourth-order valence-electron chi connectivity index (χ4n) is 3.16. The molecule has 6 heteroatoms. The summed E-state index contributed by atoms with van der Waals surface area (Å²) in [4.78, 5) is 14.4. The minimum atomic E-state index is 0.125. The quantitative estimate of drug-likeness (QED) is 0.821. The van der Waals surface area contributed by atoms with Crippen molar-refractivity contribution in [2.24, 2.45) is 0 Å². The van der Waals surface area contributed by atoms with Gasteiger partial charge in [-0.3, -0.25) is 4.79 Å². The fraction of sp³-hybridized carbons (Fsp3) is 0.556. The maximum atomic E-state index is 12.4. The largest absolute Gasteiger partial charge is 0.376 e. The summed E-state index contributed by atoms with van der Waals surface area (Å²) in [6.07, 6.45) is 5.91. The van der Waals surface area contributed by atoms with Crippen LogP contribution in [0.1, 0.15) is 42.5 Å². The number of rotatable bonds is 4. The van der Waals surface area contributed by atoms with Crippen molar-refractivity contribution in [3.8, 4) is 0 Å². The maximum absolute atomic E-state index is 12.4. The SMILES string of the molecule is O=C(c1ccc(NC(=S)NC[C@@H]2CCCO2)cc1)N1CCCCC1. The third kappa shape index (κ3) is 4.68. The molecule has 0 unspecified atom stereocenters. The molecular formula is C18H25N3O2S. The summed E-state index contributed by atoms with van der Waals surface area (Å²) in [5.41, 5.74) is 1.62. The Morgan fingerprint density at radius 1 is 1.17 bits per heavy atom. The van der Waals surface area contributed by atoms with Gasteiger partial charge in [-0.05, 0) is 68.6 Å². The molecule has 3 rings (SSSR count). The molecule has 2 aliphatic heterocycles. The van der Waals surface area contributed by atoms with Crippen molar-refractivity contribution < 1.29 is 9.53 Å². The maximum Gasteiger partial charge on any atom is 0.253 e. The minimum absolute atomic E-state index is 0.125. The van der Waals surface area contributed by atoms with Crippen LogP contribution in [0.15, 0.2) is 24.3 Å². The molecule has 2 heterocycles. The van der Waals surface area contributed by atoms with Gasteiger partial charge in [0.1, 0.15) is 0 Å². The highest BCUT2D eigenvalue weighted by Crippen LogP contribution is 2.16. The number of likely N-dealkylation sites (tertiary alicyclic amines) is 1. The fourth-order valence-corrected chi connectivity index (χ4v) is 3.36. The molecule has 2 fully saturated rings. The van der Waals surface area contributed by atoms with Crippen molar-refractivity contribution in [2.75, 3.05) is 31.6 Å². The topological polar surface area (TPSA) is 53.6 Å². The molecule has 2 saturated heterocycles. The second-order valence-electron chi connectivity index (χ2n) is 6.40. The lowest BCUT2D eigenvalue weighted by Gasteiger charge is -2.26. The number of anilines is 1. The van der Waals surface area contributed by atoms with Gasteiger partial charge in [0.15, 0.2) is 5.11 Å². The average Bonchev–Trinajstić information content (AvgIpc) is 3.14. The van der Waals surface area contributed by atoms with E-state index in [0.717, 1.165) is 63.2 Å². The van der Waals surface area contributed by atoms with Gasteiger partial charge in [0.25, 0.3) is 5.91 Å². The van der Waals surface area contributed by atoms with E-state index < -0.39 is 0 Å². The van der Waals surface area contributed by atoms with Crippen LogP contribution >= 0.6 is 12.2 Å². The van der Waals surface area contributed by atoms with Crippen LogP contribution in [-0.2, 0) is 4.74 Å². The Hall–Kier alpha value is -1.66. The van der Waals surface area contributed by atoms with Crippen molar-refractivity contribution in [2.45, 2.75) is 38.2 Å². The molecule has 0 aromatic heterocycles. The predicted molar refractivity (Wildman–Crippen MR) is 99.4 cm³/mol. The smallest absolute Gasteiger partial charge is 0.253 e. The Labute approximate surface area is 148 Å². The van der Waals surface area contributed by atoms with Gasteiger partial charge < -0.3 is 20.3 Å². The zero-order valence-electron chi connectivity index (χ0n) is 13.9. The van der Waals surface area contributed by atoms with E-state index in [1.54, 1.807) is 0 Å². The number of piperidine rings is 1. The molecule has 5 nitrogen and oxygen atoms in total. The number of nitrogens with one attached hydrogen (secondary N) is 2. The van der Waals surface area contributed by atoms with Gasteiger partial charge in [0, 0.05) is 37.5 Å². The number of thiocarbonyl (C=S) groups is 1. The van der Waals surface area contributed by atoms with E-state index in [0.29, 0.717) is 5.11 Å². The lowest BCUT2D eigenvalue weighted by atomic mass is 10.1. The molecule has 0 aliphatic carbocycles. The number of benzene rings is 1. The zero-order chi connectivity index (χ0) is 16.8. The molecule has 1 amide bonds. The Balaban J connectivity index is 1.48. The number of nitrogens with zero attached hydrogens (tertiary/aromatic N) is 1. The third-order valence-corrected chi connectivity index (χ3v) is 4.79. The van der Waals surface area contributed by atoms with Crippen LogP contribution in [0.2, 0.25) is 0 Å². The van der Waals surface area contributed by atoms with Gasteiger partial charge in [-0.25, -0.2) is 0 Å². The van der Waals surface area contributed by atoms with E-state index in [9.17, 15) is 4.79 Å². The van der Waals surface area contributed by atoms with Crippen LogP contribution < -0.4 is 10.6 Å². The number of hydrogen-bond donors (Lipinski definition) is 2. The summed E-state index contributed by atoms with van der Waals surface area (Å²) in [6.45, 7) is 3.32. The summed E-state index contributed by atoms with van der Waals surface area (Å²) in [7, 11) is 0. The number of hydrogen-bond acceptors (Lipinski definition) is 3. The summed E-state index contributed by atoms with van der Waals surface area (Å²) >= 11 is 5.30. The monoisotopic (exact) mass is 347 g/mol. The summed E-state index contributed by atoms with van der Waals surface area (Å²) in [6, 6.07) is 7.53. The highest BCUT2D eigenvalue weighted by atomic mass is 32.1. The summed E-state index contributed by atoms with van der Waals surface area (Å²) in [5, 5.41) is 6.92. The van der Waals surface area contributed by atoms with Gasteiger partial charge in [-0.2, -0.15) is 0 Å². The van der Waals surface area contributed by atoms with E-state index in [1.807, 2.05) is 29.2 Å². The van der Waals surface area contributed by atoms with E-state index in [-0.39, 0.29) is 12.0 Å². The van der Waals surface area contributed by atoms with Crippen LogP contribution in [0.5, 0.6) is 0 Å². The first kappa shape index (κ1) is 17.2. The molecule has 1 atom stereocenters. The molecule has 2 N–H and O–H groups in total. The lowest BCUT2D eigenvalue weighted by molar-refractivity contribution is 0.0724. The molecule has 0 saturated carbocycles. The van der Waals surface area contributed by atoms with Crippen molar-refractivity contribution in [1.29, 1.82) is 0 Å². The molecule has 0 radical (unpaired) electrons. The molecular weight excluding hydrogens is 322 g/mol. The standard InChI is InChI=1S/C18H25N3O2S/c22-17(21-10-2-1-3-11-21)14-6-8-15(9-7-14)20-18(24)19-13-16-5-4-12-23-16/h6-9,16H,1-5,10-13H2,(H2,19,20,24)/t16-/m0/s1. The first-order chi connectivity index (χ1) is 11.7. The van der Waals surface area contributed by atoms with Crippen molar-refractivity contribution in [3.63, 3.8) is 0 Å². The van der Waals surface area contributed by atoms with Crippen molar-refractivity contribution in [1.82, 2.24) is 10.2 Å². The minimum Gasteiger partial charge on any atom is -0.376 e. The van der Waals surface area contributed by atoms with Crippen LogP contribution in [0.3, 0.4) is 0 Å². The molecule has 1 aromatic rings. The number of amides is 1. The van der Waals surface area contributed by atoms with Gasteiger partial charge in [-0.15, -0.1) is 0 Å². The Morgan fingerprint density at radius 2 is 1.92 bits per heavy atom. The van der Waals surface area contributed by atoms with Crippen LogP contribution in [0.4, 0.5) is 5.69 Å². The van der Waals surface area contributed by atoms with Crippen molar-refractivity contribution >= 4 is 28.9 Å². The molecule has 130 valence electrons. The zero-order valence-corrected chi connectivity index (χ0v) is 14.7. The Bertz CT molecular complexity index is 564. The second-order valence-corrected chi connectivity index (χ2v) is 6.81. The van der Waals surface area contributed by atoms with E-state index in [1.165, 1.54) is 6.42 Å². The highest BCUT2D eigenvalue weighted by molar-refractivity contribution is 7.80. The van der Waals surface area contributed by atoms with Crippen molar-refractivity contribution in [3.05, 3.63) is 29.8 Å². The van der Waals surface area contributed by atoms with Crippen LogP contribution in [0, 0.1) is 0 Å². The molecule has 2 aliphatic rings. The van der Waals surface area contributed by atoms with Gasteiger partial charge >= 0.3 is 0 Å². The molecule has 24 heavy (non-hydrogen) atoms. The van der Waals surface area contributed by atoms with E-state index >= 15 is 0 Å². The number of carbonyl (C=O) groups is 1. The first-order valence-corrected chi connectivity index (χ1v) is 9.19. The summed E-state index contributed by atoms with van der Waals surface area (Å²) < 4.78 is 5.56. The average molecular weight is 347 g/mol. The Morgan fingerprint density at radius 3 is 2.58 bits per heavy atom. The van der Waals surface area contributed by atoms with Crippen LogP contribution in [0.25, 0.3) is 0 Å². The molecule has 0 spiro atoms. The first-order valence-electron chi connectivity index (χ1n) is 8.78.